The minimum absolute atomic E-state index is 0.262. The molecule has 0 saturated carbocycles. The van der Waals surface area contributed by atoms with Crippen LogP contribution in [-0.4, -0.2) is 7.11 Å². The summed E-state index contributed by atoms with van der Waals surface area (Å²) >= 11 is 3.29. The predicted octanol–water partition coefficient (Wildman–Crippen LogP) is 4.21. The molecule has 0 aliphatic rings. The second-order valence-corrected chi connectivity index (χ2v) is 4.69. The third-order valence-corrected chi connectivity index (χ3v) is 3.04. The van der Waals surface area contributed by atoms with E-state index in [0.29, 0.717) is 17.0 Å². The zero-order valence-electron chi connectivity index (χ0n) is 10.1. The van der Waals surface area contributed by atoms with Crippen LogP contribution in [0.4, 0.5) is 15.8 Å². The zero-order valence-corrected chi connectivity index (χ0v) is 11.7. The van der Waals surface area contributed by atoms with Crippen molar-refractivity contribution in [2.75, 3.05) is 12.4 Å². The Bertz CT molecular complexity index is 652. The highest BCUT2D eigenvalue weighted by Crippen LogP contribution is 2.27. The van der Waals surface area contributed by atoms with E-state index in [1.54, 1.807) is 24.3 Å². The van der Waals surface area contributed by atoms with Gasteiger partial charge >= 0.3 is 0 Å². The SMILES string of the molecule is COc1ccc(F)c(Nc2ccc(Br)cc2C#N)c1. The molecule has 19 heavy (non-hydrogen) atoms. The van der Waals surface area contributed by atoms with E-state index in [4.69, 9.17) is 10.00 Å². The molecule has 96 valence electrons. The lowest BCUT2D eigenvalue weighted by atomic mass is 10.2. The topological polar surface area (TPSA) is 45.0 Å². The summed E-state index contributed by atoms with van der Waals surface area (Å²) < 4.78 is 19.5. The minimum atomic E-state index is -0.410. The molecule has 0 aromatic heterocycles. The molecule has 0 bridgehead atoms. The number of methoxy groups -OCH3 is 1. The molecule has 0 amide bonds. The summed E-state index contributed by atoms with van der Waals surface area (Å²) in [5.74, 6) is 0.132. The molecule has 0 aliphatic heterocycles. The maximum Gasteiger partial charge on any atom is 0.146 e. The number of nitrogens with zero attached hydrogens (tertiary/aromatic N) is 1. The van der Waals surface area contributed by atoms with Gasteiger partial charge in [0.1, 0.15) is 17.6 Å². The van der Waals surface area contributed by atoms with Gasteiger partial charge in [0.15, 0.2) is 0 Å². The standard InChI is InChI=1S/C14H10BrFN2O/c1-19-11-3-4-12(16)14(7-11)18-13-5-2-10(15)6-9(13)8-17/h2-7,18H,1H3. The Morgan fingerprint density at radius 1 is 1.21 bits per heavy atom. The van der Waals surface area contributed by atoms with E-state index in [2.05, 4.69) is 27.3 Å². The maximum absolute atomic E-state index is 13.7. The van der Waals surface area contributed by atoms with Crippen LogP contribution in [0.5, 0.6) is 5.75 Å². The van der Waals surface area contributed by atoms with Crippen molar-refractivity contribution in [3.63, 3.8) is 0 Å². The van der Waals surface area contributed by atoms with E-state index in [0.717, 1.165) is 4.47 Å². The Morgan fingerprint density at radius 3 is 2.68 bits per heavy atom. The first kappa shape index (κ1) is 13.4. The Balaban J connectivity index is 2.39. The van der Waals surface area contributed by atoms with Crippen molar-refractivity contribution in [3.8, 4) is 11.8 Å². The highest BCUT2D eigenvalue weighted by atomic mass is 79.9. The first-order valence-electron chi connectivity index (χ1n) is 5.44. The smallest absolute Gasteiger partial charge is 0.146 e. The van der Waals surface area contributed by atoms with Gasteiger partial charge in [0, 0.05) is 10.5 Å². The molecule has 2 aromatic rings. The number of benzene rings is 2. The van der Waals surface area contributed by atoms with Crippen LogP contribution in [0.25, 0.3) is 0 Å². The van der Waals surface area contributed by atoms with Gasteiger partial charge in [-0.05, 0) is 30.3 Å². The van der Waals surface area contributed by atoms with Gasteiger partial charge in [-0.25, -0.2) is 4.39 Å². The molecule has 0 saturated heterocycles. The first-order valence-corrected chi connectivity index (χ1v) is 6.23. The molecule has 2 rings (SSSR count). The van der Waals surface area contributed by atoms with Gasteiger partial charge in [-0.15, -0.1) is 0 Å². The Morgan fingerprint density at radius 2 is 2.00 bits per heavy atom. The van der Waals surface area contributed by atoms with Crippen molar-refractivity contribution in [1.82, 2.24) is 0 Å². The van der Waals surface area contributed by atoms with Gasteiger partial charge in [-0.3, -0.25) is 0 Å². The molecule has 1 N–H and O–H groups in total. The molecule has 0 unspecified atom stereocenters. The van der Waals surface area contributed by atoms with Crippen LogP contribution in [0.3, 0.4) is 0 Å². The molecule has 5 heteroatoms. The lowest BCUT2D eigenvalue weighted by Gasteiger charge is -2.10. The molecule has 0 heterocycles. The highest BCUT2D eigenvalue weighted by molar-refractivity contribution is 9.10. The van der Waals surface area contributed by atoms with Crippen molar-refractivity contribution in [3.05, 3.63) is 52.3 Å². The van der Waals surface area contributed by atoms with Crippen LogP contribution >= 0.6 is 15.9 Å². The highest BCUT2D eigenvalue weighted by Gasteiger charge is 2.08. The van der Waals surface area contributed by atoms with Crippen molar-refractivity contribution in [2.24, 2.45) is 0 Å². The summed E-state index contributed by atoms with van der Waals surface area (Å²) in [5, 5.41) is 12.0. The summed E-state index contributed by atoms with van der Waals surface area (Å²) in [7, 11) is 1.51. The molecular formula is C14H10BrFN2O. The van der Waals surface area contributed by atoms with Crippen molar-refractivity contribution in [2.45, 2.75) is 0 Å². The lowest BCUT2D eigenvalue weighted by Crippen LogP contribution is -1.97. The largest absolute Gasteiger partial charge is 0.497 e. The van der Waals surface area contributed by atoms with Crippen LogP contribution in [-0.2, 0) is 0 Å². The Kier molecular flexibility index (Phi) is 4.03. The van der Waals surface area contributed by atoms with Crippen LogP contribution in [0, 0.1) is 17.1 Å². The molecule has 0 radical (unpaired) electrons. The number of hydrogen-bond acceptors (Lipinski definition) is 3. The lowest BCUT2D eigenvalue weighted by molar-refractivity contribution is 0.414. The average molecular weight is 321 g/mol. The minimum Gasteiger partial charge on any atom is -0.497 e. The Labute approximate surface area is 118 Å². The Hall–Kier alpha value is -2.06. The quantitative estimate of drug-likeness (QED) is 0.921. The summed E-state index contributed by atoms with van der Waals surface area (Å²) in [6.07, 6.45) is 0. The van der Waals surface area contributed by atoms with E-state index in [1.165, 1.54) is 19.2 Å². The fourth-order valence-electron chi connectivity index (χ4n) is 1.59. The van der Waals surface area contributed by atoms with Gasteiger partial charge in [-0.2, -0.15) is 5.26 Å². The first-order chi connectivity index (χ1) is 9.13. The summed E-state index contributed by atoms with van der Waals surface area (Å²) in [6.45, 7) is 0. The second-order valence-electron chi connectivity index (χ2n) is 3.77. The van der Waals surface area contributed by atoms with E-state index < -0.39 is 5.82 Å². The van der Waals surface area contributed by atoms with Gasteiger partial charge in [0.2, 0.25) is 0 Å². The number of anilines is 2. The van der Waals surface area contributed by atoms with Crippen molar-refractivity contribution < 1.29 is 9.13 Å². The van der Waals surface area contributed by atoms with E-state index >= 15 is 0 Å². The maximum atomic E-state index is 13.7. The monoisotopic (exact) mass is 320 g/mol. The molecule has 0 aliphatic carbocycles. The number of ether oxygens (including phenoxy) is 1. The van der Waals surface area contributed by atoms with Gasteiger partial charge in [0.25, 0.3) is 0 Å². The van der Waals surface area contributed by atoms with Crippen LogP contribution < -0.4 is 10.1 Å². The predicted molar refractivity (Wildman–Crippen MR) is 75.1 cm³/mol. The van der Waals surface area contributed by atoms with Crippen molar-refractivity contribution >= 4 is 27.3 Å². The van der Waals surface area contributed by atoms with Crippen molar-refractivity contribution in [1.29, 1.82) is 5.26 Å². The molecule has 3 nitrogen and oxygen atoms in total. The number of hydrogen-bond donors (Lipinski definition) is 1. The molecular weight excluding hydrogens is 311 g/mol. The fraction of sp³-hybridized carbons (Fsp3) is 0.0714. The summed E-state index contributed by atoms with van der Waals surface area (Å²) in [5.41, 5.74) is 1.23. The third-order valence-electron chi connectivity index (χ3n) is 2.54. The zero-order chi connectivity index (χ0) is 13.8. The number of nitrogens with one attached hydrogen (secondary N) is 1. The van der Waals surface area contributed by atoms with Gasteiger partial charge < -0.3 is 10.1 Å². The number of halogens is 2. The van der Waals surface area contributed by atoms with Crippen LogP contribution in [0.1, 0.15) is 5.56 Å². The fourth-order valence-corrected chi connectivity index (χ4v) is 1.95. The number of nitriles is 1. The number of rotatable bonds is 3. The third kappa shape index (κ3) is 3.04. The molecule has 2 aromatic carbocycles. The average Bonchev–Trinajstić information content (AvgIpc) is 2.43. The summed E-state index contributed by atoms with van der Waals surface area (Å²) in [4.78, 5) is 0. The van der Waals surface area contributed by atoms with E-state index in [1.807, 2.05) is 0 Å². The molecule has 0 atom stereocenters. The van der Waals surface area contributed by atoms with E-state index in [-0.39, 0.29) is 5.69 Å². The second kappa shape index (κ2) is 5.72. The van der Waals surface area contributed by atoms with Gasteiger partial charge in [-0.1, -0.05) is 15.9 Å². The van der Waals surface area contributed by atoms with Crippen LogP contribution in [0.2, 0.25) is 0 Å². The summed E-state index contributed by atoms with van der Waals surface area (Å²) in [6, 6.07) is 11.6. The normalized spacial score (nSPS) is 9.79. The van der Waals surface area contributed by atoms with Gasteiger partial charge in [0.05, 0.1) is 24.0 Å². The van der Waals surface area contributed by atoms with E-state index in [9.17, 15) is 4.39 Å². The molecule has 0 fully saturated rings. The van der Waals surface area contributed by atoms with Crippen LogP contribution in [0.15, 0.2) is 40.9 Å². The molecule has 0 spiro atoms.